The van der Waals surface area contributed by atoms with Crippen LogP contribution in [0.3, 0.4) is 0 Å². The third kappa shape index (κ3) is 6.08. The van der Waals surface area contributed by atoms with Gasteiger partial charge in [0.2, 0.25) is 0 Å². The Morgan fingerprint density at radius 2 is 2.13 bits per heavy atom. The van der Waals surface area contributed by atoms with E-state index in [9.17, 15) is 0 Å². The summed E-state index contributed by atoms with van der Waals surface area (Å²) in [6.45, 7) is 8.59. The lowest BCUT2D eigenvalue weighted by Crippen LogP contribution is -2.42. The van der Waals surface area contributed by atoms with Crippen LogP contribution in [0.25, 0.3) is 0 Å². The van der Waals surface area contributed by atoms with Crippen LogP contribution in [0.2, 0.25) is 0 Å². The molecule has 1 fully saturated rings. The van der Waals surface area contributed by atoms with E-state index < -0.39 is 0 Å². The maximum absolute atomic E-state index is 5.20. The summed E-state index contributed by atoms with van der Waals surface area (Å²) in [6, 6.07) is 0.754. The van der Waals surface area contributed by atoms with Crippen molar-refractivity contribution in [2.75, 3.05) is 40.4 Å². The van der Waals surface area contributed by atoms with Crippen molar-refractivity contribution in [1.29, 1.82) is 0 Å². The predicted molar refractivity (Wildman–Crippen MR) is 96.3 cm³/mol. The van der Waals surface area contributed by atoms with Crippen LogP contribution in [0, 0.1) is 13.8 Å². The molecule has 0 unspecified atom stereocenters. The first-order chi connectivity index (χ1) is 11.1. The number of guanidine groups is 1. The molecule has 1 aromatic rings. The van der Waals surface area contributed by atoms with Gasteiger partial charge in [0, 0.05) is 44.7 Å². The van der Waals surface area contributed by atoms with Crippen LogP contribution >= 0.6 is 11.3 Å². The number of hydrogen-bond acceptors (Lipinski definition) is 5. The molecule has 0 aliphatic heterocycles. The second kappa shape index (κ2) is 9.20. The number of aryl methyl sites for hydroxylation is 2. The Hall–Kier alpha value is -1.18. The summed E-state index contributed by atoms with van der Waals surface area (Å²) in [5, 5.41) is 7.88. The molecule has 23 heavy (non-hydrogen) atoms. The Balaban J connectivity index is 1.71. The molecule has 0 atom stereocenters. The van der Waals surface area contributed by atoms with Gasteiger partial charge in [-0.25, -0.2) is 4.98 Å². The van der Waals surface area contributed by atoms with Gasteiger partial charge in [0.15, 0.2) is 5.96 Å². The first-order valence-electron chi connectivity index (χ1n) is 8.24. The molecule has 1 saturated carbocycles. The van der Waals surface area contributed by atoms with Gasteiger partial charge < -0.3 is 15.4 Å². The Morgan fingerprint density at radius 3 is 2.70 bits per heavy atom. The molecule has 7 heteroatoms. The summed E-state index contributed by atoms with van der Waals surface area (Å²) >= 11 is 1.74. The number of thiazole rings is 1. The average molecular weight is 340 g/mol. The molecule has 0 aromatic carbocycles. The van der Waals surface area contributed by atoms with Crippen LogP contribution in [-0.4, -0.2) is 62.3 Å². The van der Waals surface area contributed by atoms with Crippen molar-refractivity contribution < 1.29 is 4.74 Å². The second-order valence-electron chi connectivity index (χ2n) is 5.85. The van der Waals surface area contributed by atoms with Crippen molar-refractivity contribution in [3.05, 3.63) is 15.6 Å². The fourth-order valence-electron chi connectivity index (χ4n) is 2.57. The lowest BCUT2D eigenvalue weighted by atomic mass is 10.4. The second-order valence-corrected chi connectivity index (χ2v) is 7.14. The standard InChI is InChI=1S/C16H29N5OS/c1-12-15(23-13(2)20-12)11-19-16(17-3)18-7-8-21(9-10-22-4)14-5-6-14/h14H,5-11H2,1-4H3,(H2,17,18,19). The third-order valence-corrected chi connectivity index (χ3v) is 5.05. The zero-order chi connectivity index (χ0) is 16.7. The molecule has 1 aliphatic rings. The number of hydrogen-bond donors (Lipinski definition) is 2. The summed E-state index contributed by atoms with van der Waals surface area (Å²) in [6.07, 6.45) is 2.64. The smallest absolute Gasteiger partial charge is 0.191 e. The minimum Gasteiger partial charge on any atom is -0.383 e. The topological polar surface area (TPSA) is 61.8 Å². The van der Waals surface area contributed by atoms with Crippen LogP contribution in [0.4, 0.5) is 0 Å². The largest absolute Gasteiger partial charge is 0.383 e. The highest BCUT2D eigenvalue weighted by atomic mass is 32.1. The molecule has 130 valence electrons. The Morgan fingerprint density at radius 1 is 1.35 bits per heavy atom. The normalized spacial score (nSPS) is 15.3. The summed E-state index contributed by atoms with van der Waals surface area (Å²) < 4.78 is 5.20. The van der Waals surface area contributed by atoms with Gasteiger partial charge in [-0.3, -0.25) is 9.89 Å². The van der Waals surface area contributed by atoms with E-state index in [0.717, 1.165) is 55.5 Å². The molecule has 2 rings (SSSR count). The van der Waals surface area contributed by atoms with Gasteiger partial charge in [0.25, 0.3) is 0 Å². The SMILES string of the molecule is CN=C(NCCN(CCOC)C1CC1)NCc1sc(C)nc1C. The van der Waals surface area contributed by atoms with Gasteiger partial charge >= 0.3 is 0 Å². The van der Waals surface area contributed by atoms with E-state index in [1.165, 1.54) is 17.7 Å². The molecule has 0 saturated heterocycles. The van der Waals surface area contributed by atoms with Gasteiger partial charge in [-0.15, -0.1) is 11.3 Å². The molecule has 6 nitrogen and oxygen atoms in total. The van der Waals surface area contributed by atoms with Gasteiger partial charge in [0.1, 0.15) is 0 Å². The highest BCUT2D eigenvalue weighted by Crippen LogP contribution is 2.25. The lowest BCUT2D eigenvalue weighted by molar-refractivity contribution is 0.144. The summed E-state index contributed by atoms with van der Waals surface area (Å²) in [5.41, 5.74) is 1.11. The molecule has 0 radical (unpaired) electrons. The van der Waals surface area contributed by atoms with Crippen molar-refractivity contribution in [2.45, 2.75) is 39.3 Å². The van der Waals surface area contributed by atoms with Crippen molar-refractivity contribution in [3.8, 4) is 0 Å². The highest BCUT2D eigenvalue weighted by Gasteiger charge is 2.28. The number of nitrogens with zero attached hydrogens (tertiary/aromatic N) is 3. The molecule has 0 bridgehead atoms. The van der Waals surface area contributed by atoms with Gasteiger partial charge in [-0.05, 0) is 26.7 Å². The Labute approximate surface area is 143 Å². The number of aromatic nitrogens is 1. The first-order valence-corrected chi connectivity index (χ1v) is 9.06. The fourth-order valence-corrected chi connectivity index (χ4v) is 3.44. The van der Waals surface area contributed by atoms with Crippen molar-refractivity contribution in [2.24, 2.45) is 4.99 Å². The minimum absolute atomic E-state index is 0.754. The van der Waals surface area contributed by atoms with Crippen LogP contribution < -0.4 is 10.6 Å². The maximum Gasteiger partial charge on any atom is 0.191 e. The third-order valence-electron chi connectivity index (χ3n) is 3.98. The molecule has 1 aliphatic carbocycles. The molecular weight excluding hydrogens is 310 g/mol. The zero-order valence-electron chi connectivity index (χ0n) is 14.7. The van der Waals surface area contributed by atoms with Crippen LogP contribution in [0.5, 0.6) is 0 Å². The monoisotopic (exact) mass is 339 g/mol. The van der Waals surface area contributed by atoms with E-state index in [1.807, 2.05) is 14.0 Å². The first kappa shape index (κ1) is 18.2. The van der Waals surface area contributed by atoms with E-state index in [2.05, 4.69) is 32.4 Å². The van der Waals surface area contributed by atoms with Crippen LogP contribution in [0.1, 0.15) is 28.4 Å². The summed E-state index contributed by atoms with van der Waals surface area (Å²) in [5.74, 6) is 0.845. The van der Waals surface area contributed by atoms with E-state index in [1.54, 1.807) is 18.4 Å². The number of aliphatic imine (C=N–C) groups is 1. The average Bonchev–Trinajstić information content (AvgIpc) is 3.31. The zero-order valence-corrected chi connectivity index (χ0v) is 15.5. The highest BCUT2D eigenvalue weighted by molar-refractivity contribution is 7.11. The van der Waals surface area contributed by atoms with E-state index in [-0.39, 0.29) is 0 Å². The van der Waals surface area contributed by atoms with E-state index >= 15 is 0 Å². The van der Waals surface area contributed by atoms with Crippen LogP contribution in [-0.2, 0) is 11.3 Å². The van der Waals surface area contributed by atoms with E-state index in [0.29, 0.717) is 0 Å². The summed E-state index contributed by atoms with van der Waals surface area (Å²) in [7, 11) is 3.57. The summed E-state index contributed by atoms with van der Waals surface area (Å²) in [4.78, 5) is 12.5. The predicted octanol–water partition coefficient (Wildman–Crippen LogP) is 1.54. The van der Waals surface area contributed by atoms with Crippen LogP contribution in [0.15, 0.2) is 4.99 Å². The Kier molecular flexibility index (Phi) is 7.26. The molecule has 1 heterocycles. The van der Waals surface area contributed by atoms with Crippen molar-refractivity contribution in [3.63, 3.8) is 0 Å². The Bertz CT molecular complexity index is 513. The molecule has 2 N–H and O–H groups in total. The molecule has 0 amide bonds. The number of ether oxygens (including phenoxy) is 1. The fraction of sp³-hybridized carbons (Fsp3) is 0.750. The van der Waals surface area contributed by atoms with Gasteiger partial charge in [0.05, 0.1) is 23.9 Å². The lowest BCUT2D eigenvalue weighted by Gasteiger charge is -2.22. The molecule has 1 aromatic heterocycles. The van der Waals surface area contributed by atoms with E-state index in [4.69, 9.17) is 4.74 Å². The number of rotatable bonds is 9. The number of methoxy groups -OCH3 is 1. The number of nitrogens with one attached hydrogen (secondary N) is 2. The van der Waals surface area contributed by atoms with Gasteiger partial charge in [-0.1, -0.05) is 0 Å². The molecular formula is C16H29N5OS. The maximum atomic E-state index is 5.20. The minimum atomic E-state index is 0.754. The van der Waals surface area contributed by atoms with Crippen molar-refractivity contribution in [1.82, 2.24) is 20.5 Å². The van der Waals surface area contributed by atoms with Crippen molar-refractivity contribution >= 4 is 17.3 Å². The molecule has 0 spiro atoms. The quantitative estimate of drug-likeness (QED) is 0.528. The van der Waals surface area contributed by atoms with Gasteiger partial charge in [-0.2, -0.15) is 0 Å².